The number of halogens is 1. The summed E-state index contributed by atoms with van der Waals surface area (Å²) < 4.78 is 2.95. The number of aromatic nitrogens is 3. The molecule has 1 aromatic carbocycles. The van der Waals surface area contributed by atoms with Gasteiger partial charge in [0.25, 0.3) is 0 Å². The van der Waals surface area contributed by atoms with E-state index in [9.17, 15) is 0 Å². The first kappa shape index (κ1) is 9.99. The molecule has 80 valence electrons. The number of para-hydroxylation sites is 2. The zero-order valence-electron chi connectivity index (χ0n) is 8.51. The standard InChI is InChI=1S/C11H8BrN3S/c1-15-9-5-3-2-4-7(9)13-10(15)8-6-16-11(12)14-8/h2-6H,1H3. The number of fused-ring (bicyclic) bond motifs is 1. The number of nitrogens with zero attached hydrogens (tertiary/aromatic N) is 3. The maximum atomic E-state index is 4.58. The van der Waals surface area contributed by atoms with Gasteiger partial charge < -0.3 is 4.57 Å². The minimum absolute atomic E-state index is 0.884. The van der Waals surface area contributed by atoms with Crippen molar-refractivity contribution in [3.05, 3.63) is 33.6 Å². The Morgan fingerprint density at radius 2 is 2.06 bits per heavy atom. The Balaban J connectivity index is 2.28. The van der Waals surface area contributed by atoms with E-state index >= 15 is 0 Å². The molecule has 0 saturated carbocycles. The van der Waals surface area contributed by atoms with Crippen molar-refractivity contribution in [2.24, 2.45) is 7.05 Å². The summed E-state index contributed by atoms with van der Waals surface area (Å²) in [5.74, 6) is 0.906. The second-order valence-electron chi connectivity index (χ2n) is 3.47. The van der Waals surface area contributed by atoms with Crippen molar-refractivity contribution in [3.8, 4) is 11.5 Å². The van der Waals surface area contributed by atoms with E-state index in [0.717, 1.165) is 26.5 Å². The number of rotatable bonds is 1. The maximum absolute atomic E-state index is 4.58. The third-order valence-corrected chi connectivity index (χ3v) is 3.86. The van der Waals surface area contributed by atoms with Gasteiger partial charge in [-0.1, -0.05) is 12.1 Å². The minimum Gasteiger partial charge on any atom is -0.326 e. The molecule has 5 heteroatoms. The summed E-state index contributed by atoms with van der Waals surface area (Å²) in [6.07, 6.45) is 0. The lowest BCUT2D eigenvalue weighted by atomic mass is 10.3. The average Bonchev–Trinajstić information content (AvgIpc) is 2.84. The summed E-state index contributed by atoms with van der Waals surface area (Å²) in [5.41, 5.74) is 3.04. The van der Waals surface area contributed by atoms with Crippen LogP contribution in [0.25, 0.3) is 22.6 Å². The van der Waals surface area contributed by atoms with E-state index in [1.807, 2.05) is 30.6 Å². The number of benzene rings is 1. The molecule has 0 N–H and O–H groups in total. The number of aryl methyl sites for hydroxylation is 1. The molecule has 0 saturated heterocycles. The van der Waals surface area contributed by atoms with Gasteiger partial charge in [-0.15, -0.1) is 11.3 Å². The number of hydrogen-bond donors (Lipinski definition) is 0. The van der Waals surface area contributed by atoms with Crippen LogP contribution < -0.4 is 0 Å². The van der Waals surface area contributed by atoms with Crippen molar-refractivity contribution >= 4 is 38.3 Å². The quantitative estimate of drug-likeness (QED) is 0.688. The van der Waals surface area contributed by atoms with Crippen LogP contribution in [0.3, 0.4) is 0 Å². The molecule has 0 unspecified atom stereocenters. The van der Waals surface area contributed by atoms with E-state index in [1.165, 1.54) is 0 Å². The van der Waals surface area contributed by atoms with Crippen molar-refractivity contribution in [1.82, 2.24) is 14.5 Å². The van der Waals surface area contributed by atoms with Crippen LogP contribution in [-0.4, -0.2) is 14.5 Å². The molecule has 0 atom stereocenters. The number of thiazole rings is 1. The van der Waals surface area contributed by atoms with E-state index in [-0.39, 0.29) is 0 Å². The van der Waals surface area contributed by atoms with Crippen LogP contribution in [0.5, 0.6) is 0 Å². The first-order valence-corrected chi connectivity index (χ1v) is 6.46. The topological polar surface area (TPSA) is 30.7 Å². The zero-order chi connectivity index (χ0) is 11.1. The fourth-order valence-corrected chi connectivity index (χ4v) is 2.72. The SMILES string of the molecule is Cn1c(-c2csc(Br)n2)nc2ccccc21. The molecule has 0 aliphatic heterocycles. The predicted octanol–water partition coefficient (Wildman–Crippen LogP) is 3.46. The lowest BCUT2D eigenvalue weighted by Crippen LogP contribution is -1.92. The van der Waals surface area contributed by atoms with Gasteiger partial charge in [0.1, 0.15) is 5.69 Å². The van der Waals surface area contributed by atoms with Crippen LogP contribution in [0.2, 0.25) is 0 Å². The van der Waals surface area contributed by atoms with Crippen molar-refractivity contribution in [1.29, 1.82) is 0 Å². The maximum Gasteiger partial charge on any atom is 0.160 e. The lowest BCUT2D eigenvalue weighted by Gasteiger charge is -1.97. The molecule has 0 radical (unpaired) electrons. The highest BCUT2D eigenvalue weighted by Crippen LogP contribution is 2.26. The summed E-state index contributed by atoms with van der Waals surface area (Å²) in [7, 11) is 2.01. The van der Waals surface area contributed by atoms with Crippen LogP contribution in [0, 0.1) is 0 Å². The second-order valence-corrected chi connectivity index (χ2v) is 5.60. The summed E-state index contributed by atoms with van der Waals surface area (Å²) in [4.78, 5) is 8.97. The van der Waals surface area contributed by atoms with E-state index in [1.54, 1.807) is 11.3 Å². The molecule has 0 spiro atoms. The van der Waals surface area contributed by atoms with Gasteiger partial charge in [0.05, 0.1) is 11.0 Å². The Labute approximate surface area is 105 Å². The molecular weight excluding hydrogens is 286 g/mol. The highest BCUT2D eigenvalue weighted by Gasteiger charge is 2.11. The largest absolute Gasteiger partial charge is 0.326 e. The van der Waals surface area contributed by atoms with Gasteiger partial charge in [-0.25, -0.2) is 9.97 Å². The smallest absolute Gasteiger partial charge is 0.160 e. The molecule has 0 aliphatic carbocycles. The van der Waals surface area contributed by atoms with Gasteiger partial charge in [0, 0.05) is 12.4 Å². The van der Waals surface area contributed by atoms with Crippen molar-refractivity contribution in [2.75, 3.05) is 0 Å². The van der Waals surface area contributed by atoms with Crippen molar-refractivity contribution in [3.63, 3.8) is 0 Å². The Bertz CT molecular complexity index is 656. The Morgan fingerprint density at radius 3 is 2.75 bits per heavy atom. The third kappa shape index (κ3) is 1.47. The van der Waals surface area contributed by atoms with Crippen LogP contribution in [-0.2, 0) is 7.05 Å². The van der Waals surface area contributed by atoms with Crippen LogP contribution >= 0.6 is 27.3 Å². The fourth-order valence-electron chi connectivity index (χ4n) is 1.73. The van der Waals surface area contributed by atoms with Crippen LogP contribution in [0.1, 0.15) is 0 Å². The highest BCUT2D eigenvalue weighted by atomic mass is 79.9. The van der Waals surface area contributed by atoms with Gasteiger partial charge in [0.15, 0.2) is 9.74 Å². The molecule has 3 aromatic rings. The fraction of sp³-hybridized carbons (Fsp3) is 0.0909. The van der Waals surface area contributed by atoms with Crippen molar-refractivity contribution < 1.29 is 0 Å². The summed E-state index contributed by atoms with van der Waals surface area (Å²) >= 11 is 4.94. The highest BCUT2D eigenvalue weighted by molar-refractivity contribution is 9.11. The number of imidazole rings is 1. The molecule has 0 amide bonds. The molecule has 0 bridgehead atoms. The molecule has 0 fully saturated rings. The summed E-state index contributed by atoms with van der Waals surface area (Å²) in [6, 6.07) is 8.09. The van der Waals surface area contributed by atoms with Gasteiger partial charge in [-0.2, -0.15) is 0 Å². The molecule has 2 heterocycles. The van der Waals surface area contributed by atoms with E-state index in [4.69, 9.17) is 0 Å². The van der Waals surface area contributed by atoms with Gasteiger partial charge >= 0.3 is 0 Å². The van der Waals surface area contributed by atoms with Crippen LogP contribution in [0.4, 0.5) is 0 Å². The third-order valence-electron chi connectivity index (χ3n) is 2.49. The molecule has 3 nitrogen and oxygen atoms in total. The Morgan fingerprint density at radius 1 is 1.25 bits per heavy atom. The first-order valence-electron chi connectivity index (χ1n) is 4.78. The molecule has 2 aromatic heterocycles. The Kier molecular flexibility index (Phi) is 2.29. The average molecular weight is 294 g/mol. The van der Waals surface area contributed by atoms with E-state index in [2.05, 4.69) is 36.5 Å². The number of hydrogen-bond acceptors (Lipinski definition) is 3. The van der Waals surface area contributed by atoms with Gasteiger partial charge in [-0.05, 0) is 28.1 Å². The monoisotopic (exact) mass is 293 g/mol. The molecular formula is C11H8BrN3S. The molecule has 3 rings (SSSR count). The van der Waals surface area contributed by atoms with Crippen molar-refractivity contribution in [2.45, 2.75) is 0 Å². The van der Waals surface area contributed by atoms with Crippen LogP contribution in [0.15, 0.2) is 33.6 Å². The molecule has 16 heavy (non-hydrogen) atoms. The minimum atomic E-state index is 0.884. The van der Waals surface area contributed by atoms with E-state index in [0.29, 0.717) is 0 Å². The molecule has 0 aliphatic rings. The van der Waals surface area contributed by atoms with Gasteiger partial charge in [0.2, 0.25) is 0 Å². The lowest BCUT2D eigenvalue weighted by molar-refractivity contribution is 0.952. The summed E-state index contributed by atoms with van der Waals surface area (Å²) in [5, 5.41) is 2.01. The van der Waals surface area contributed by atoms with E-state index < -0.39 is 0 Å². The zero-order valence-corrected chi connectivity index (χ0v) is 10.9. The normalized spacial score (nSPS) is 11.1. The Hall–Kier alpha value is -1.20. The summed E-state index contributed by atoms with van der Waals surface area (Å²) in [6.45, 7) is 0. The first-order chi connectivity index (χ1) is 7.75. The second kappa shape index (κ2) is 3.68. The predicted molar refractivity (Wildman–Crippen MR) is 69.5 cm³/mol. The van der Waals surface area contributed by atoms with Gasteiger partial charge in [-0.3, -0.25) is 0 Å².